The summed E-state index contributed by atoms with van der Waals surface area (Å²) < 4.78 is 0. The normalized spacial score (nSPS) is 13.3. The molecular formula is C52H97NO3. The van der Waals surface area contributed by atoms with Crippen LogP contribution in [0.25, 0.3) is 0 Å². The summed E-state index contributed by atoms with van der Waals surface area (Å²) in [6, 6.07) is -0.644. The maximum Gasteiger partial charge on any atom is 0.220 e. The summed E-state index contributed by atoms with van der Waals surface area (Å²) in [5.41, 5.74) is 0. The van der Waals surface area contributed by atoms with Gasteiger partial charge in [-0.3, -0.25) is 4.79 Å². The van der Waals surface area contributed by atoms with Gasteiger partial charge in [0.1, 0.15) is 0 Å². The predicted molar refractivity (Wildman–Crippen MR) is 248 cm³/mol. The molecule has 0 saturated carbocycles. The zero-order valence-corrected chi connectivity index (χ0v) is 37.7. The Balaban J connectivity index is 3.48. The number of hydrogen-bond donors (Lipinski definition) is 3. The van der Waals surface area contributed by atoms with Crippen molar-refractivity contribution in [3.8, 4) is 0 Å². The molecule has 4 heteroatoms. The van der Waals surface area contributed by atoms with Crippen LogP contribution in [0, 0.1) is 0 Å². The van der Waals surface area contributed by atoms with E-state index >= 15 is 0 Å². The Morgan fingerprint density at radius 1 is 0.411 bits per heavy atom. The average molecular weight is 784 g/mol. The number of carbonyl (C=O) groups excluding carboxylic acids is 1. The average Bonchev–Trinajstić information content (AvgIpc) is 3.20. The standard InChI is InChI=1S/C52H97NO3/c1-3-5-7-9-11-13-15-17-18-19-20-21-22-23-24-25-26-27-28-29-30-31-32-33-34-36-38-40-42-44-46-48-52(56)53-50(49-54)51(55)47-45-43-41-39-37-35-16-14-12-10-8-6-4-2/h12,14,23-24,37,39,45,47,50-51,54-55H,3-11,13,15-22,25-36,38,40-44,46,48-49H2,1-2H3,(H,53,56)/b14-12+,24-23-,39-37+,47-45+. The maximum absolute atomic E-state index is 12.4. The highest BCUT2D eigenvalue weighted by Gasteiger charge is 2.17. The minimum atomic E-state index is -0.869. The third-order valence-electron chi connectivity index (χ3n) is 11.3. The van der Waals surface area contributed by atoms with Crippen LogP contribution < -0.4 is 5.32 Å². The van der Waals surface area contributed by atoms with Crippen molar-refractivity contribution in [3.63, 3.8) is 0 Å². The van der Waals surface area contributed by atoms with Gasteiger partial charge in [-0.1, -0.05) is 229 Å². The van der Waals surface area contributed by atoms with E-state index in [4.69, 9.17) is 0 Å². The second-order valence-electron chi connectivity index (χ2n) is 16.9. The van der Waals surface area contributed by atoms with E-state index in [1.165, 1.54) is 199 Å². The summed E-state index contributed by atoms with van der Waals surface area (Å²) in [5.74, 6) is -0.0774. The third kappa shape index (κ3) is 43.5. The van der Waals surface area contributed by atoms with Gasteiger partial charge < -0.3 is 15.5 Å². The number of aliphatic hydroxyl groups is 2. The molecule has 0 aromatic rings. The topological polar surface area (TPSA) is 69.6 Å². The minimum Gasteiger partial charge on any atom is -0.394 e. The van der Waals surface area contributed by atoms with Crippen LogP contribution in [0.2, 0.25) is 0 Å². The molecule has 0 heterocycles. The lowest BCUT2D eigenvalue weighted by Crippen LogP contribution is -2.45. The van der Waals surface area contributed by atoms with Crippen molar-refractivity contribution in [1.29, 1.82) is 0 Å². The maximum atomic E-state index is 12.4. The first-order chi connectivity index (χ1) is 27.7. The van der Waals surface area contributed by atoms with Crippen molar-refractivity contribution in [3.05, 3.63) is 48.6 Å². The van der Waals surface area contributed by atoms with Crippen LogP contribution in [0.15, 0.2) is 48.6 Å². The Bertz CT molecular complexity index is 893. The monoisotopic (exact) mass is 784 g/mol. The van der Waals surface area contributed by atoms with E-state index < -0.39 is 12.1 Å². The van der Waals surface area contributed by atoms with Crippen molar-refractivity contribution >= 4 is 5.91 Å². The molecule has 4 nitrogen and oxygen atoms in total. The van der Waals surface area contributed by atoms with Crippen molar-refractivity contribution in [2.45, 2.75) is 270 Å². The van der Waals surface area contributed by atoms with Crippen LogP contribution in [-0.2, 0) is 4.79 Å². The summed E-state index contributed by atoms with van der Waals surface area (Å²) in [6.45, 7) is 4.27. The minimum absolute atomic E-state index is 0.0774. The van der Waals surface area contributed by atoms with Crippen LogP contribution in [0.3, 0.4) is 0 Å². The fourth-order valence-corrected chi connectivity index (χ4v) is 7.44. The van der Waals surface area contributed by atoms with Gasteiger partial charge in [-0.2, -0.15) is 0 Å². The largest absolute Gasteiger partial charge is 0.394 e. The Morgan fingerprint density at radius 3 is 1.07 bits per heavy atom. The van der Waals surface area contributed by atoms with Crippen LogP contribution in [0.5, 0.6) is 0 Å². The summed E-state index contributed by atoms with van der Waals surface area (Å²) >= 11 is 0. The smallest absolute Gasteiger partial charge is 0.220 e. The second-order valence-corrected chi connectivity index (χ2v) is 16.9. The van der Waals surface area contributed by atoms with Gasteiger partial charge in [0.05, 0.1) is 18.8 Å². The lowest BCUT2D eigenvalue weighted by Gasteiger charge is -2.19. The molecular weight excluding hydrogens is 687 g/mol. The first-order valence-electron chi connectivity index (χ1n) is 24.9. The molecule has 0 bridgehead atoms. The molecule has 2 atom stereocenters. The lowest BCUT2D eigenvalue weighted by atomic mass is 10.0. The predicted octanol–water partition coefficient (Wildman–Crippen LogP) is 15.9. The lowest BCUT2D eigenvalue weighted by molar-refractivity contribution is -0.123. The fourth-order valence-electron chi connectivity index (χ4n) is 7.44. The van der Waals surface area contributed by atoms with Crippen LogP contribution in [-0.4, -0.2) is 34.9 Å². The number of allylic oxidation sites excluding steroid dienone is 7. The van der Waals surface area contributed by atoms with E-state index in [1.807, 2.05) is 6.08 Å². The fraction of sp³-hybridized carbons (Fsp3) is 0.827. The highest BCUT2D eigenvalue weighted by Crippen LogP contribution is 2.16. The first kappa shape index (κ1) is 54.3. The molecule has 2 unspecified atom stereocenters. The number of carbonyl (C=O) groups is 1. The van der Waals surface area contributed by atoms with Crippen LogP contribution in [0.1, 0.15) is 258 Å². The molecule has 56 heavy (non-hydrogen) atoms. The second kappa shape index (κ2) is 47.7. The van der Waals surface area contributed by atoms with Gasteiger partial charge in [0.25, 0.3) is 0 Å². The number of hydrogen-bond acceptors (Lipinski definition) is 3. The van der Waals surface area contributed by atoms with Gasteiger partial charge in [-0.05, 0) is 70.6 Å². The van der Waals surface area contributed by atoms with Crippen molar-refractivity contribution in [2.24, 2.45) is 0 Å². The zero-order valence-electron chi connectivity index (χ0n) is 37.7. The van der Waals surface area contributed by atoms with Crippen LogP contribution in [0.4, 0.5) is 0 Å². The Hall–Kier alpha value is -1.65. The summed E-state index contributed by atoms with van der Waals surface area (Å²) in [4.78, 5) is 12.4. The van der Waals surface area contributed by atoms with E-state index in [0.29, 0.717) is 6.42 Å². The van der Waals surface area contributed by atoms with E-state index in [2.05, 4.69) is 55.6 Å². The van der Waals surface area contributed by atoms with E-state index in [-0.39, 0.29) is 12.5 Å². The molecule has 3 N–H and O–H groups in total. The molecule has 0 spiro atoms. The van der Waals surface area contributed by atoms with Crippen molar-refractivity contribution in [1.82, 2.24) is 5.32 Å². The molecule has 1 amide bonds. The highest BCUT2D eigenvalue weighted by molar-refractivity contribution is 5.76. The number of unbranched alkanes of at least 4 members (excludes halogenated alkanes) is 32. The van der Waals surface area contributed by atoms with Gasteiger partial charge in [0.2, 0.25) is 5.91 Å². The highest BCUT2D eigenvalue weighted by atomic mass is 16.3. The number of rotatable bonds is 45. The van der Waals surface area contributed by atoms with Crippen molar-refractivity contribution < 1.29 is 15.0 Å². The molecule has 0 fully saturated rings. The zero-order chi connectivity index (χ0) is 40.7. The van der Waals surface area contributed by atoms with E-state index in [1.54, 1.807) is 6.08 Å². The molecule has 328 valence electrons. The number of nitrogens with one attached hydrogen (secondary N) is 1. The molecule has 0 aromatic heterocycles. The summed E-state index contributed by atoms with van der Waals surface area (Å²) in [5, 5.41) is 23.0. The summed E-state index contributed by atoms with van der Waals surface area (Å²) in [6.07, 6.45) is 65.4. The summed E-state index contributed by atoms with van der Waals surface area (Å²) in [7, 11) is 0. The first-order valence-corrected chi connectivity index (χ1v) is 24.9. The third-order valence-corrected chi connectivity index (χ3v) is 11.3. The van der Waals surface area contributed by atoms with Crippen molar-refractivity contribution in [2.75, 3.05) is 6.61 Å². The van der Waals surface area contributed by atoms with Gasteiger partial charge in [-0.25, -0.2) is 0 Å². The van der Waals surface area contributed by atoms with E-state index in [0.717, 1.165) is 38.5 Å². The molecule has 0 saturated heterocycles. The van der Waals surface area contributed by atoms with Gasteiger partial charge >= 0.3 is 0 Å². The molecule has 0 aliphatic heterocycles. The molecule has 0 rings (SSSR count). The molecule has 0 aliphatic rings. The van der Waals surface area contributed by atoms with Crippen LogP contribution >= 0.6 is 0 Å². The van der Waals surface area contributed by atoms with Gasteiger partial charge in [0.15, 0.2) is 0 Å². The van der Waals surface area contributed by atoms with Gasteiger partial charge in [0, 0.05) is 6.42 Å². The molecule has 0 radical (unpaired) electrons. The Morgan fingerprint density at radius 2 is 0.696 bits per heavy atom. The molecule has 0 aromatic carbocycles. The quantitative estimate of drug-likeness (QED) is 0.0425. The Kier molecular flexibility index (Phi) is 46.3. The molecule has 0 aliphatic carbocycles. The number of aliphatic hydroxyl groups excluding tert-OH is 2. The Labute approximate surface area is 350 Å². The SMILES string of the molecule is CCCCC/C=C/CC/C=C/CC/C=C/C(O)C(CO)NC(=O)CCCCCCCCCCCCCCCCC/C=C\CCCCCCCCCCCCCC. The van der Waals surface area contributed by atoms with Gasteiger partial charge in [-0.15, -0.1) is 0 Å². The van der Waals surface area contributed by atoms with E-state index in [9.17, 15) is 15.0 Å². The number of amides is 1.